The number of nitrogens with one attached hydrogen (secondary N) is 1. The number of halogens is 1. The van der Waals surface area contributed by atoms with Crippen LogP contribution in [-0.2, 0) is 24.1 Å². The van der Waals surface area contributed by atoms with Gasteiger partial charge in [0, 0.05) is 17.7 Å². The van der Waals surface area contributed by atoms with Crippen molar-refractivity contribution in [3.8, 4) is 11.3 Å². The van der Waals surface area contributed by atoms with Crippen LogP contribution in [0.5, 0.6) is 0 Å². The largest absolute Gasteiger partial charge is 0.441 e. The van der Waals surface area contributed by atoms with Crippen molar-refractivity contribution in [1.82, 2.24) is 9.97 Å². The minimum absolute atomic E-state index is 0.125. The van der Waals surface area contributed by atoms with E-state index in [0.717, 1.165) is 25.0 Å². The first-order chi connectivity index (χ1) is 13.1. The summed E-state index contributed by atoms with van der Waals surface area (Å²) in [4.78, 5) is 22.2. The van der Waals surface area contributed by atoms with Crippen LogP contribution in [0, 0.1) is 11.7 Å². The molecule has 0 spiro atoms. The van der Waals surface area contributed by atoms with Crippen molar-refractivity contribution in [2.75, 3.05) is 5.32 Å². The Balaban J connectivity index is 1.34. The lowest BCUT2D eigenvalue weighted by Gasteiger charge is -2.15. The zero-order chi connectivity index (χ0) is 18.8. The van der Waals surface area contributed by atoms with Gasteiger partial charge in [-0.05, 0) is 37.3 Å². The Labute approximate surface area is 160 Å². The number of benzene rings is 1. The molecule has 1 unspecified atom stereocenters. The molecular weight excluding hydrogens is 365 g/mol. The summed E-state index contributed by atoms with van der Waals surface area (Å²) >= 11 is 1.57. The molecular formula is C20H20FN3O2S. The van der Waals surface area contributed by atoms with E-state index in [1.165, 1.54) is 17.1 Å². The topological polar surface area (TPSA) is 68.0 Å². The Hall–Kier alpha value is -2.54. The Bertz CT molecular complexity index is 966. The number of nitrogens with zero attached hydrogens (tertiary/aromatic N) is 2. The van der Waals surface area contributed by atoms with Gasteiger partial charge < -0.3 is 9.73 Å². The van der Waals surface area contributed by atoms with E-state index in [1.807, 2.05) is 0 Å². The van der Waals surface area contributed by atoms with Crippen LogP contribution in [0.3, 0.4) is 0 Å². The average molecular weight is 385 g/mol. The van der Waals surface area contributed by atoms with Crippen molar-refractivity contribution in [3.63, 3.8) is 0 Å². The Morgan fingerprint density at radius 1 is 1.41 bits per heavy atom. The van der Waals surface area contributed by atoms with Gasteiger partial charge in [0.1, 0.15) is 5.82 Å². The van der Waals surface area contributed by atoms with Crippen molar-refractivity contribution < 1.29 is 13.6 Å². The molecule has 2 aromatic heterocycles. The summed E-state index contributed by atoms with van der Waals surface area (Å²) in [6.07, 6.45) is 5.25. The van der Waals surface area contributed by atoms with E-state index >= 15 is 0 Å². The monoisotopic (exact) mass is 385 g/mol. The van der Waals surface area contributed by atoms with Gasteiger partial charge >= 0.3 is 0 Å². The Morgan fingerprint density at radius 3 is 3.11 bits per heavy atom. The van der Waals surface area contributed by atoms with E-state index in [9.17, 15) is 9.18 Å². The number of amides is 1. The molecule has 0 fully saturated rings. The maximum Gasteiger partial charge on any atom is 0.226 e. The molecule has 0 bridgehead atoms. The van der Waals surface area contributed by atoms with E-state index in [1.54, 1.807) is 29.5 Å². The zero-order valence-electron chi connectivity index (χ0n) is 15.0. The van der Waals surface area contributed by atoms with Crippen molar-refractivity contribution in [3.05, 3.63) is 52.7 Å². The molecule has 0 aliphatic heterocycles. The van der Waals surface area contributed by atoms with Gasteiger partial charge in [-0.25, -0.2) is 14.4 Å². The maximum absolute atomic E-state index is 13.8. The predicted octanol–water partition coefficient (Wildman–Crippen LogP) is 4.63. The number of hydrogen-bond donors (Lipinski definition) is 1. The Kier molecular flexibility index (Phi) is 5.03. The van der Waals surface area contributed by atoms with E-state index < -0.39 is 0 Å². The lowest BCUT2D eigenvalue weighted by atomic mass is 9.93. The van der Waals surface area contributed by atoms with Crippen LogP contribution >= 0.6 is 11.3 Å². The molecule has 1 aromatic carbocycles. The number of aromatic nitrogens is 2. The van der Waals surface area contributed by atoms with Gasteiger partial charge in [0.05, 0.1) is 17.5 Å². The summed E-state index contributed by atoms with van der Waals surface area (Å²) in [6, 6.07) is 6.37. The smallest absolute Gasteiger partial charge is 0.226 e. The Morgan fingerprint density at radius 2 is 2.26 bits per heavy atom. The van der Waals surface area contributed by atoms with Crippen molar-refractivity contribution >= 4 is 22.4 Å². The standard InChI is InChI=1S/C20H20FN3O2S/c1-12-6-7-15-17(10-12)27-20(23-15)24-18(25)8-9-19-22-11-16(26-19)13-4-2-3-5-14(13)21/h2-5,11-12H,6-10H2,1H3,(H,23,24,25). The van der Waals surface area contributed by atoms with Crippen LogP contribution in [0.4, 0.5) is 9.52 Å². The predicted molar refractivity (Wildman–Crippen MR) is 102 cm³/mol. The third-order valence-corrected chi connectivity index (χ3v) is 5.73. The molecule has 5 nitrogen and oxygen atoms in total. The van der Waals surface area contributed by atoms with Crippen LogP contribution < -0.4 is 5.32 Å². The van der Waals surface area contributed by atoms with Crippen molar-refractivity contribution in [2.24, 2.45) is 5.92 Å². The van der Waals surface area contributed by atoms with Crippen LogP contribution in [0.1, 0.15) is 36.2 Å². The first kappa shape index (κ1) is 17.9. The highest BCUT2D eigenvalue weighted by Gasteiger charge is 2.20. The fourth-order valence-corrected chi connectivity index (χ4v) is 4.39. The molecule has 4 rings (SSSR count). The van der Waals surface area contributed by atoms with E-state index in [4.69, 9.17) is 4.42 Å². The summed E-state index contributed by atoms with van der Waals surface area (Å²) in [6.45, 7) is 2.24. The van der Waals surface area contributed by atoms with Crippen LogP contribution in [-0.4, -0.2) is 15.9 Å². The molecule has 1 N–H and O–H groups in total. The highest BCUT2D eigenvalue weighted by atomic mass is 32.1. The quantitative estimate of drug-likeness (QED) is 0.695. The van der Waals surface area contributed by atoms with Gasteiger partial charge in [0.25, 0.3) is 0 Å². The fraction of sp³-hybridized carbons (Fsp3) is 0.350. The summed E-state index contributed by atoms with van der Waals surface area (Å²) in [7, 11) is 0. The second-order valence-electron chi connectivity index (χ2n) is 6.88. The molecule has 140 valence electrons. The molecule has 1 amide bonds. The first-order valence-corrected chi connectivity index (χ1v) is 9.88. The third-order valence-electron chi connectivity index (χ3n) is 4.69. The van der Waals surface area contributed by atoms with Crippen molar-refractivity contribution in [2.45, 2.75) is 39.0 Å². The molecule has 0 saturated heterocycles. The second kappa shape index (κ2) is 7.60. The molecule has 7 heteroatoms. The van der Waals surface area contributed by atoms with Crippen LogP contribution in [0.25, 0.3) is 11.3 Å². The number of thiazole rings is 1. The number of carbonyl (C=O) groups is 1. The molecule has 1 aliphatic rings. The SMILES string of the molecule is CC1CCc2nc(NC(=O)CCc3ncc(-c4ccccc4F)o3)sc2C1. The highest BCUT2D eigenvalue weighted by molar-refractivity contribution is 7.15. The minimum Gasteiger partial charge on any atom is -0.441 e. The van der Waals surface area contributed by atoms with Gasteiger partial charge in [0.2, 0.25) is 5.91 Å². The minimum atomic E-state index is -0.361. The van der Waals surface area contributed by atoms with Gasteiger partial charge in [-0.15, -0.1) is 11.3 Å². The average Bonchev–Trinajstić information content (AvgIpc) is 3.26. The zero-order valence-corrected chi connectivity index (χ0v) is 15.8. The summed E-state index contributed by atoms with van der Waals surface area (Å²) in [5.74, 6) is 0.968. The molecule has 2 heterocycles. The van der Waals surface area contributed by atoms with Gasteiger partial charge in [0.15, 0.2) is 16.8 Å². The maximum atomic E-state index is 13.8. The number of fused-ring (bicyclic) bond motifs is 1. The van der Waals surface area contributed by atoms with Gasteiger partial charge in [-0.2, -0.15) is 0 Å². The number of oxazole rings is 1. The highest BCUT2D eigenvalue weighted by Crippen LogP contribution is 2.32. The van der Waals surface area contributed by atoms with Crippen molar-refractivity contribution in [1.29, 1.82) is 0 Å². The lowest BCUT2D eigenvalue weighted by Crippen LogP contribution is -2.12. The lowest BCUT2D eigenvalue weighted by molar-refractivity contribution is -0.116. The van der Waals surface area contributed by atoms with E-state index in [2.05, 4.69) is 22.2 Å². The molecule has 1 atom stereocenters. The first-order valence-electron chi connectivity index (χ1n) is 9.06. The number of carbonyl (C=O) groups excluding carboxylic acids is 1. The normalized spacial score (nSPS) is 16.1. The molecule has 0 radical (unpaired) electrons. The molecule has 3 aromatic rings. The summed E-state index contributed by atoms with van der Waals surface area (Å²) in [5.41, 5.74) is 1.49. The van der Waals surface area contributed by atoms with Gasteiger partial charge in [-0.3, -0.25) is 4.79 Å². The molecule has 0 saturated carbocycles. The second-order valence-corrected chi connectivity index (χ2v) is 7.97. The summed E-state index contributed by atoms with van der Waals surface area (Å²) < 4.78 is 19.4. The fourth-order valence-electron chi connectivity index (χ4n) is 3.21. The number of hydrogen-bond acceptors (Lipinski definition) is 5. The van der Waals surface area contributed by atoms with Gasteiger partial charge in [-0.1, -0.05) is 19.1 Å². The van der Waals surface area contributed by atoms with E-state index in [-0.39, 0.29) is 18.1 Å². The molecule has 27 heavy (non-hydrogen) atoms. The van der Waals surface area contributed by atoms with E-state index in [0.29, 0.717) is 34.7 Å². The molecule has 1 aliphatic carbocycles. The third kappa shape index (κ3) is 4.08. The van der Waals surface area contributed by atoms with Crippen LogP contribution in [0.15, 0.2) is 34.9 Å². The number of aryl methyl sites for hydroxylation is 2. The number of rotatable bonds is 5. The van der Waals surface area contributed by atoms with Crippen LogP contribution in [0.2, 0.25) is 0 Å². The number of anilines is 1. The summed E-state index contributed by atoms with van der Waals surface area (Å²) in [5, 5.41) is 3.54.